The molecule has 9 nitrogen and oxygen atoms in total. The second-order valence-corrected chi connectivity index (χ2v) is 9.54. The Morgan fingerprint density at radius 2 is 2.13 bits per heavy atom. The number of hydrogen-bond donors (Lipinski definition) is 1. The van der Waals surface area contributed by atoms with Crippen LogP contribution in [0.3, 0.4) is 0 Å². The molecule has 0 radical (unpaired) electrons. The molecule has 1 saturated heterocycles. The second kappa shape index (κ2) is 9.07. The lowest BCUT2D eigenvalue weighted by molar-refractivity contribution is 0.0949. The van der Waals surface area contributed by atoms with Gasteiger partial charge in [-0.2, -0.15) is 17.0 Å². The highest BCUT2D eigenvalue weighted by Gasteiger charge is 2.34. The van der Waals surface area contributed by atoms with Gasteiger partial charge in [0.2, 0.25) is 0 Å². The molecule has 1 aromatic carbocycles. The quantitative estimate of drug-likeness (QED) is 0.706. The van der Waals surface area contributed by atoms with Gasteiger partial charge in [-0.1, -0.05) is 12.1 Å². The first-order valence-corrected chi connectivity index (χ1v) is 11.0. The number of ether oxygens (including phenoxy) is 1. The summed E-state index contributed by atoms with van der Waals surface area (Å²) in [5.74, 6) is 0.943. The maximum absolute atomic E-state index is 12.6. The van der Waals surface area contributed by atoms with Crippen molar-refractivity contribution in [1.29, 1.82) is 0 Å². The molecule has 1 aliphatic heterocycles. The van der Waals surface area contributed by atoms with Crippen LogP contribution < -0.4 is 10.1 Å². The zero-order valence-electron chi connectivity index (χ0n) is 17.6. The molecule has 1 N–H and O–H groups in total. The van der Waals surface area contributed by atoms with E-state index in [-0.39, 0.29) is 11.8 Å². The van der Waals surface area contributed by atoms with E-state index in [0.29, 0.717) is 43.1 Å². The summed E-state index contributed by atoms with van der Waals surface area (Å²) >= 11 is 0. The van der Waals surface area contributed by atoms with Crippen molar-refractivity contribution in [3.63, 3.8) is 0 Å². The molecule has 1 atom stereocenters. The molecule has 1 amide bonds. The van der Waals surface area contributed by atoms with Gasteiger partial charge in [0.15, 0.2) is 0 Å². The third-order valence-corrected chi connectivity index (χ3v) is 7.04. The summed E-state index contributed by atoms with van der Waals surface area (Å²) < 4.78 is 32.4. The van der Waals surface area contributed by atoms with Gasteiger partial charge in [-0.25, -0.2) is 9.97 Å². The molecule has 0 aliphatic carbocycles. The van der Waals surface area contributed by atoms with Crippen LogP contribution >= 0.6 is 0 Å². The number of carbonyl (C=O) groups excluding carboxylic acids is 1. The summed E-state index contributed by atoms with van der Waals surface area (Å²) in [6.45, 7) is 2.88. The third kappa shape index (κ3) is 4.77. The van der Waals surface area contributed by atoms with Crippen LogP contribution in [0.4, 0.5) is 0 Å². The molecule has 0 saturated carbocycles. The Hall–Kier alpha value is -2.56. The smallest absolute Gasteiger partial charge is 0.281 e. The number of carbonyl (C=O) groups is 1. The van der Waals surface area contributed by atoms with E-state index >= 15 is 0 Å². The lowest BCUT2D eigenvalue weighted by Gasteiger charge is -2.20. The van der Waals surface area contributed by atoms with E-state index in [4.69, 9.17) is 4.74 Å². The van der Waals surface area contributed by atoms with E-state index in [0.717, 1.165) is 11.3 Å². The summed E-state index contributed by atoms with van der Waals surface area (Å²) in [7, 11) is 1.18. The number of aromatic nitrogens is 2. The predicted octanol–water partition coefficient (Wildman–Crippen LogP) is 1.32. The van der Waals surface area contributed by atoms with Crippen molar-refractivity contribution in [2.24, 2.45) is 0 Å². The third-order valence-electron chi connectivity index (χ3n) is 5.13. The van der Waals surface area contributed by atoms with E-state index < -0.39 is 10.2 Å². The Morgan fingerprint density at radius 3 is 2.80 bits per heavy atom. The number of methoxy groups -OCH3 is 1. The fraction of sp³-hybridized carbons (Fsp3) is 0.450. The van der Waals surface area contributed by atoms with Gasteiger partial charge in [0, 0.05) is 45.8 Å². The van der Waals surface area contributed by atoms with Gasteiger partial charge in [-0.3, -0.25) is 4.79 Å². The van der Waals surface area contributed by atoms with Crippen molar-refractivity contribution < 1.29 is 17.9 Å². The maximum atomic E-state index is 12.6. The SMILES string of the molecule is COc1cccc(CNC(=O)c2cnc(C3CCN(S(=O)(=O)N(C)C)C3)nc2C)c1. The van der Waals surface area contributed by atoms with Gasteiger partial charge in [0.1, 0.15) is 11.6 Å². The van der Waals surface area contributed by atoms with Gasteiger partial charge >= 0.3 is 0 Å². The van der Waals surface area contributed by atoms with Crippen LogP contribution in [-0.4, -0.2) is 67.2 Å². The van der Waals surface area contributed by atoms with E-state index in [1.54, 1.807) is 14.0 Å². The number of aryl methyl sites for hydroxylation is 1. The number of nitrogens with one attached hydrogen (secondary N) is 1. The minimum Gasteiger partial charge on any atom is -0.497 e. The summed E-state index contributed by atoms with van der Waals surface area (Å²) in [6.07, 6.45) is 2.16. The van der Waals surface area contributed by atoms with E-state index in [1.807, 2.05) is 24.3 Å². The average Bonchev–Trinajstić information content (AvgIpc) is 3.23. The van der Waals surface area contributed by atoms with Gasteiger partial charge in [0.25, 0.3) is 16.1 Å². The monoisotopic (exact) mass is 433 g/mol. The highest BCUT2D eigenvalue weighted by atomic mass is 32.2. The molecule has 1 aliphatic rings. The van der Waals surface area contributed by atoms with Crippen molar-refractivity contribution in [3.8, 4) is 5.75 Å². The van der Waals surface area contributed by atoms with Crippen LogP contribution in [0.5, 0.6) is 5.75 Å². The van der Waals surface area contributed by atoms with Gasteiger partial charge < -0.3 is 10.1 Å². The van der Waals surface area contributed by atoms with Crippen molar-refractivity contribution >= 4 is 16.1 Å². The zero-order chi connectivity index (χ0) is 21.9. The molecule has 10 heteroatoms. The molecule has 1 unspecified atom stereocenters. The summed E-state index contributed by atoms with van der Waals surface area (Å²) in [5, 5.41) is 2.87. The molecular formula is C20H27N5O4S. The van der Waals surface area contributed by atoms with Crippen LogP contribution in [0.1, 0.15) is 39.8 Å². The molecule has 2 aromatic rings. The van der Waals surface area contributed by atoms with Crippen LogP contribution in [0.15, 0.2) is 30.5 Å². The molecular weight excluding hydrogens is 406 g/mol. The fourth-order valence-corrected chi connectivity index (χ4v) is 4.51. The van der Waals surface area contributed by atoms with Crippen LogP contribution in [-0.2, 0) is 16.8 Å². The summed E-state index contributed by atoms with van der Waals surface area (Å²) in [6, 6.07) is 7.48. The molecule has 0 bridgehead atoms. The first-order chi connectivity index (χ1) is 14.2. The van der Waals surface area contributed by atoms with Crippen molar-refractivity contribution in [3.05, 3.63) is 53.1 Å². The Morgan fingerprint density at radius 1 is 1.37 bits per heavy atom. The highest BCUT2D eigenvalue weighted by Crippen LogP contribution is 2.27. The minimum absolute atomic E-state index is 0.0904. The van der Waals surface area contributed by atoms with Crippen molar-refractivity contribution in [2.45, 2.75) is 25.8 Å². The number of benzene rings is 1. The molecule has 1 aromatic heterocycles. The van der Waals surface area contributed by atoms with E-state index in [2.05, 4.69) is 15.3 Å². The molecule has 1 fully saturated rings. The molecule has 30 heavy (non-hydrogen) atoms. The van der Waals surface area contributed by atoms with E-state index in [1.165, 1.54) is 28.9 Å². The highest BCUT2D eigenvalue weighted by molar-refractivity contribution is 7.86. The molecule has 2 heterocycles. The van der Waals surface area contributed by atoms with Crippen LogP contribution in [0, 0.1) is 6.92 Å². The van der Waals surface area contributed by atoms with Crippen LogP contribution in [0.25, 0.3) is 0 Å². The van der Waals surface area contributed by atoms with E-state index in [9.17, 15) is 13.2 Å². The topological polar surface area (TPSA) is 105 Å². The number of nitrogens with zero attached hydrogens (tertiary/aromatic N) is 4. The van der Waals surface area contributed by atoms with Crippen LogP contribution in [0.2, 0.25) is 0 Å². The first-order valence-electron chi connectivity index (χ1n) is 9.64. The lowest BCUT2D eigenvalue weighted by atomic mass is 10.1. The number of hydrogen-bond acceptors (Lipinski definition) is 6. The minimum atomic E-state index is -3.45. The van der Waals surface area contributed by atoms with Crippen molar-refractivity contribution in [1.82, 2.24) is 23.9 Å². The Balaban J connectivity index is 1.66. The Labute approximate surface area is 177 Å². The van der Waals surface area contributed by atoms with Gasteiger partial charge in [-0.05, 0) is 31.0 Å². The van der Waals surface area contributed by atoms with Crippen molar-refractivity contribution in [2.75, 3.05) is 34.3 Å². The number of amides is 1. The predicted molar refractivity (Wildman–Crippen MR) is 112 cm³/mol. The largest absolute Gasteiger partial charge is 0.497 e. The maximum Gasteiger partial charge on any atom is 0.281 e. The average molecular weight is 434 g/mol. The standard InChI is InChI=1S/C20H27N5O4S/c1-14-18(20(26)22-11-15-6-5-7-17(10-15)29-4)12-21-19(23-14)16-8-9-25(13-16)30(27,28)24(2)3/h5-7,10,12,16H,8-9,11,13H2,1-4H3,(H,22,26). The Bertz CT molecular complexity index is 1030. The lowest BCUT2D eigenvalue weighted by Crippen LogP contribution is -2.38. The summed E-state index contributed by atoms with van der Waals surface area (Å²) in [5.41, 5.74) is 1.89. The zero-order valence-corrected chi connectivity index (χ0v) is 18.4. The second-order valence-electron chi connectivity index (χ2n) is 7.40. The van der Waals surface area contributed by atoms with Gasteiger partial charge in [0.05, 0.1) is 18.4 Å². The van der Waals surface area contributed by atoms with Gasteiger partial charge in [-0.15, -0.1) is 0 Å². The Kier molecular flexibility index (Phi) is 6.69. The summed E-state index contributed by atoms with van der Waals surface area (Å²) in [4.78, 5) is 21.4. The first kappa shape index (κ1) is 22.1. The molecule has 162 valence electrons. The molecule has 0 spiro atoms. The fourth-order valence-electron chi connectivity index (χ4n) is 3.34. The molecule has 3 rings (SSSR count). The normalized spacial score (nSPS) is 17.3. The number of rotatable bonds is 7.